The van der Waals surface area contributed by atoms with Gasteiger partial charge in [-0.15, -0.1) is 0 Å². The highest BCUT2D eigenvalue weighted by Gasteiger charge is 2.49. The van der Waals surface area contributed by atoms with Crippen LogP contribution in [0.2, 0.25) is 0 Å². The Hall–Kier alpha value is -1.11. The van der Waals surface area contributed by atoms with Crippen molar-refractivity contribution >= 4 is 21.7 Å². The number of nitrogens with zero attached hydrogens (tertiary/aromatic N) is 1. The van der Waals surface area contributed by atoms with Crippen LogP contribution in [0, 0.1) is 0 Å². The third kappa shape index (κ3) is 2.80. The van der Waals surface area contributed by atoms with Crippen molar-refractivity contribution in [1.82, 2.24) is 10.2 Å². The van der Waals surface area contributed by atoms with Crippen LogP contribution in [0.25, 0.3) is 0 Å². The number of piperazine rings is 1. The minimum absolute atomic E-state index is 0.000764. The number of hydrogen-bond acceptors (Lipinski definition) is 4. The van der Waals surface area contributed by atoms with E-state index in [-0.39, 0.29) is 35.9 Å². The summed E-state index contributed by atoms with van der Waals surface area (Å²) in [5.41, 5.74) is -0.769. The molecule has 1 atom stereocenters. The lowest BCUT2D eigenvalue weighted by molar-refractivity contribution is -0.153. The molecule has 1 N–H and O–H groups in total. The predicted octanol–water partition coefficient (Wildman–Crippen LogP) is 0.225. The highest BCUT2D eigenvalue weighted by molar-refractivity contribution is 7.91. The fourth-order valence-electron chi connectivity index (χ4n) is 3.89. The molecule has 21 heavy (non-hydrogen) atoms. The van der Waals surface area contributed by atoms with Gasteiger partial charge in [-0.2, -0.15) is 0 Å². The maximum absolute atomic E-state index is 12.9. The Labute approximate surface area is 125 Å². The molecule has 0 bridgehead atoms. The highest BCUT2D eigenvalue weighted by Crippen LogP contribution is 2.33. The lowest BCUT2D eigenvalue weighted by Crippen LogP contribution is -2.69. The van der Waals surface area contributed by atoms with Crippen LogP contribution in [0.4, 0.5) is 0 Å². The van der Waals surface area contributed by atoms with Gasteiger partial charge < -0.3 is 10.2 Å². The van der Waals surface area contributed by atoms with Crippen LogP contribution in [0.1, 0.15) is 44.9 Å². The van der Waals surface area contributed by atoms with Crippen LogP contribution in [-0.2, 0) is 19.4 Å². The van der Waals surface area contributed by atoms with E-state index in [4.69, 9.17) is 0 Å². The molecule has 118 valence electrons. The van der Waals surface area contributed by atoms with Gasteiger partial charge in [0.2, 0.25) is 11.8 Å². The minimum atomic E-state index is -3.09. The first-order valence-electron chi connectivity index (χ1n) is 7.74. The van der Waals surface area contributed by atoms with Crippen molar-refractivity contribution in [3.63, 3.8) is 0 Å². The van der Waals surface area contributed by atoms with Crippen molar-refractivity contribution in [2.24, 2.45) is 0 Å². The summed E-state index contributed by atoms with van der Waals surface area (Å²) in [7, 11) is -3.09. The largest absolute Gasteiger partial charge is 0.340 e. The van der Waals surface area contributed by atoms with Gasteiger partial charge in [-0.25, -0.2) is 8.42 Å². The Bertz CT molecular complexity index is 551. The summed E-state index contributed by atoms with van der Waals surface area (Å²) in [6, 6.07) is -0.332. The first-order chi connectivity index (χ1) is 9.92. The van der Waals surface area contributed by atoms with Crippen molar-refractivity contribution in [3.8, 4) is 0 Å². The van der Waals surface area contributed by atoms with E-state index < -0.39 is 15.4 Å². The molecule has 3 fully saturated rings. The van der Waals surface area contributed by atoms with E-state index in [1.165, 1.54) is 0 Å². The maximum Gasteiger partial charge on any atom is 0.249 e. The first-order valence-corrected chi connectivity index (χ1v) is 9.57. The molecular weight excluding hydrogens is 292 g/mol. The highest BCUT2D eigenvalue weighted by atomic mass is 32.2. The molecule has 1 aliphatic carbocycles. The fourth-order valence-corrected chi connectivity index (χ4v) is 5.60. The van der Waals surface area contributed by atoms with Gasteiger partial charge in [-0.1, -0.05) is 19.3 Å². The van der Waals surface area contributed by atoms with Crippen molar-refractivity contribution in [2.45, 2.75) is 56.5 Å². The summed E-state index contributed by atoms with van der Waals surface area (Å²) in [6.45, 7) is 0.000764. The molecule has 0 aromatic carbocycles. The molecule has 2 heterocycles. The monoisotopic (exact) mass is 314 g/mol. The summed E-state index contributed by atoms with van der Waals surface area (Å²) in [4.78, 5) is 26.5. The van der Waals surface area contributed by atoms with Crippen LogP contribution in [0.5, 0.6) is 0 Å². The van der Waals surface area contributed by atoms with Crippen LogP contribution >= 0.6 is 0 Å². The number of sulfone groups is 1. The smallest absolute Gasteiger partial charge is 0.249 e. The first kappa shape index (κ1) is 14.8. The van der Waals surface area contributed by atoms with Crippen molar-refractivity contribution < 1.29 is 18.0 Å². The SMILES string of the molecule is O=C1CN(C2CCCS(=O)(=O)C2)C(=O)C2(CCCCC2)N1. The molecule has 0 radical (unpaired) electrons. The number of amides is 2. The van der Waals surface area contributed by atoms with E-state index in [1.54, 1.807) is 4.90 Å². The van der Waals surface area contributed by atoms with E-state index in [2.05, 4.69) is 5.32 Å². The standard InChI is InChI=1S/C14H22N2O4S/c17-12-9-16(11-5-4-8-21(19,20)10-11)13(18)14(15-12)6-2-1-3-7-14/h11H,1-10H2,(H,15,17). The third-order valence-corrected chi connectivity index (χ3v) is 6.75. The Kier molecular flexibility index (Phi) is 3.71. The maximum atomic E-state index is 12.9. The molecular formula is C14H22N2O4S. The fraction of sp³-hybridized carbons (Fsp3) is 0.857. The summed E-state index contributed by atoms with van der Waals surface area (Å²) in [6.07, 6.45) is 5.55. The van der Waals surface area contributed by atoms with Crippen LogP contribution < -0.4 is 5.32 Å². The zero-order valence-electron chi connectivity index (χ0n) is 12.1. The molecule has 3 aliphatic rings. The van der Waals surface area contributed by atoms with Crippen LogP contribution in [0.15, 0.2) is 0 Å². The third-order valence-electron chi connectivity index (χ3n) is 4.95. The van der Waals surface area contributed by atoms with Gasteiger partial charge in [0, 0.05) is 6.04 Å². The number of nitrogens with one attached hydrogen (secondary N) is 1. The van der Waals surface area contributed by atoms with Crippen LogP contribution in [-0.4, -0.2) is 54.8 Å². The molecule has 0 aromatic heterocycles. The number of hydrogen-bond donors (Lipinski definition) is 1. The van der Waals surface area contributed by atoms with Gasteiger partial charge in [-0.05, 0) is 25.7 Å². The average molecular weight is 314 g/mol. The van der Waals surface area contributed by atoms with Gasteiger partial charge in [0.25, 0.3) is 0 Å². The molecule has 3 rings (SSSR count). The van der Waals surface area contributed by atoms with Gasteiger partial charge in [0.1, 0.15) is 5.54 Å². The second kappa shape index (κ2) is 5.26. The van der Waals surface area contributed by atoms with E-state index in [0.29, 0.717) is 25.7 Å². The summed E-state index contributed by atoms with van der Waals surface area (Å²) in [5, 5.41) is 2.89. The van der Waals surface area contributed by atoms with Crippen LogP contribution in [0.3, 0.4) is 0 Å². The Morgan fingerprint density at radius 3 is 2.48 bits per heavy atom. The van der Waals surface area contributed by atoms with E-state index >= 15 is 0 Å². The van der Waals surface area contributed by atoms with Crippen molar-refractivity contribution in [3.05, 3.63) is 0 Å². The van der Waals surface area contributed by atoms with Crippen molar-refractivity contribution in [1.29, 1.82) is 0 Å². The summed E-state index contributed by atoms with van der Waals surface area (Å²) >= 11 is 0. The van der Waals surface area contributed by atoms with Gasteiger partial charge in [0.15, 0.2) is 9.84 Å². The minimum Gasteiger partial charge on any atom is -0.340 e. The molecule has 0 aromatic rings. The van der Waals surface area contributed by atoms with E-state index in [0.717, 1.165) is 19.3 Å². The normalized spacial score (nSPS) is 32.0. The van der Waals surface area contributed by atoms with Gasteiger partial charge in [-0.3, -0.25) is 9.59 Å². The number of carbonyl (C=O) groups is 2. The molecule has 2 amide bonds. The molecule has 1 saturated carbocycles. The molecule has 1 spiro atoms. The predicted molar refractivity (Wildman–Crippen MR) is 77.3 cm³/mol. The average Bonchev–Trinajstić information content (AvgIpc) is 2.43. The molecule has 2 saturated heterocycles. The van der Waals surface area contributed by atoms with Crippen molar-refractivity contribution in [2.75, 3.05) is 18.1 Å². The lowest BCUT2D eigenvalue weighted by atomic mass is 9.79. The Morgan fingerprint density at radius 2 is 1.81 bits per heavy atom. The number of rotatable bonds is 1. The lowest BCUT2D eigenvalue weighted by Gasteiger charge is -2.47. The molecule has 2 aliphatic heterocycles. The topological polar surface area (TPSA) is 83.6 Å². The quantitative estimate of drug-likeness (QED) is 0.751. The molecule has 6 nitrogen and oxygen atoms in total. The zero-order valence-corrected chi connectivity index (χ0v) is 13.0. The Balaban J connectivity index is 1.84. The van der Waals surface area contributed by atoms with Gasteiger partial charge >= 0.3 is 0 Å². The number of carbonyl (C=O) groups excluding carboxylic acids is 2. The van der Waals surface area contributed by atoms with E-state index in [9.17, 15) is 18.0 Å². The zero-order chi connectivity index (χ0) is 15.1. The summed E-state index contributed by atoms with van der Waals surface area (Å²) in [5.74, 6) is -0.0197. The Morgan fingerprint density at radius 1 is 1.10 bits per heavy atom. The second-order valence-corrected chi connectivity index (χ2v) is 8.76. The molecule has 7 heteroatoms. The van der Waals surface area contributed by atoms with E-state index in [1.807, 2.05) is 0 Å². The second-order valence-electron chi connectivity index (χ2n) is 6.53. The molecule has 1 unspecified atom stereocenters. The van der Waals surface area contributed by atoms with Gasteiger partial charge in [0.05, 0.1) is 18.1 Å². The summed E-state index contributed by atoms with van der Waals surface area (Å²) < 4.78 is 23.6.